The SMILES string of the molecule is O=C1c2ccccc2C(=O)N1Cc1ccc(C=NO)cc1Cl. The Labute approximate surface area is 131 Å². The van der Waals surface area contributed by atoms with Crippen LogP contribution in [0.2, 0.25) is 5.02 Å². The number of imide groups is 1. The third-order valence-corrected chi connectivity index (χ3v) is 3.84. The summed E-state index contributed by atoms with van der Waals surface area (Å²) in [5.41, 5.74) is 2.09. The molecule has 6 heteroatoms. The summed E-state index contributed by atoms with van der Waals surface area (Å²) in [6.07, 6.45) is 1.25. The van der Waals surface area contributed by atoms with Crippen molar-refractivity contribution in [2.45, 2.75) is 6.54 Å². The maximum absolute atomic E-state index is 12.3. The van der Waals surface area contributed by atoms with Crippen molar-refractivity contribution in [3.05, 3.63) is 69.7 Å². The fraction of sp³-hybridized carbons (Fsp3) is 0.0625. The third-order valence-electron chi connectivity index (χ3n) is 3.49. The lowest BCUT2D eigenvalue weighted by atomic mass is 10.1. The lowest BCUT2D eigenvalue weighted by Gasteiger charge is -2.15. The van der Waals surface area contributed by atoms with Crippen molar-refractivity contribution in [2.75, 3.05) is 0 Å². The molecule has 5 nitrogen and oxygen atoms in total. The summed E-state index contributed by atoms with van der Waals surface area (Å²) in [5.74, 6) is -0.643. The van der Waals surface area contributed by atoms with Gasteiger partial charge in [0.15, 0.2) is 0 Å². The molecule has 110 valence electrons. The lowest BCUT2D eigenvalue weighted by molar-refractivity contribution is 0.0642. The Kier molecular flexibility index (Phi) is 3.65. The van der Waals surface area contributed by atoms with Gasteiger partial charge in [-0.15, -0.1) is 0 Å². The Bertz CT molecular complexity index is 767. The minimum Gasteiger partial charge on any atom is -0.411 e. The fourth-order valence-electron chi connectivity index (χ4n) is 2.39. The highest BCUT2D eigenvalue weighted by Crippen LogP contribution is 2.26. The summed E-state index contributed by atoms with van der Waals surface area (Å²) in [6.45, 7) is 0.0989. The highest BCUT2D eigenvalue weighted by Gasteiger charge is 2.35. The average Bonchev–Trinajstić information content (AvgIpc) is 2.75. The zero-order valence-corrected chi connectivity index (χ0v) is 12.1. The molecule has 0 spiro atoms. The maximum Gasteiger partial charge on any atom is 0.261 e. The molecule has 1 aliphatic heterocycles. The highest BCUT2D eigenvalue weighted by molar-refractivity contribution is 6.31. The third kappa shape index (κ3) is 2.35. The van der Waals surface area contributed by atoms with E-state index in [4.69, 9.17) is 16.8 Å². The molecule has 3 rings (SSSR count). The zero-order valence-electron chi connectivity index (χ0n) is 11.4. The largest absolute Gasteiger partial charge is 0.411 e. The molecule has 2 aromatic rings. The number of rotatable bonds is 3. The molecule has 0 saturated carbocycles. The van der Waals surface area contributed by atoms with Crippen LogP contribution in [-0.2, 0) is 6.54 Å². The van der Waals surface area contributed by atoms with Gasteiger partial charge in [-0.1, -0.05) is 41.0 Å². The number of fused-ring (bicyclic) bond motifs is 1. The molecule has 2 aromatic carbocycles. The average molecular weight is 315 g/mol. The molecule has 0 bridgehead atoms. The minimum atomic E-state index is -0.322. The Morgan fingerprint density at radius 3 is 2.27 bits per heavy atom. The van der Waals surface area contributed by atoms with Crippen LogP contribution in [0.4, 0.5) is 0 Å². The molecule has 22 heavy (non-hydrogen) atoms. The lowest BCUT2D eigenvalue weighted by Crippen LogP contribution is -2.29. The van der Waals surface area contributed by atoms with Crippen LogP contribution in [0.1, 0.15) is 31.8 Å². The van der Waals surface area contributed by atoms with Crippen LogP contribution in [0.5, 0.6) is 0 Å². The fourth-order valence-corrected chi connectivity index (χ4v) is 2.64. The van der Waals surface area contributed by atoms with E-state index in [9.17, 15) is 9.59 Å². The number of hydrogen-bond acceptors (Lipinski definition) is 4. The second-order valence-corrected chi connectivity index (χ2v) is 5.24. The summed E-state index contributed by atoms with van der Waals surface area (Å²) in [4.78, 5) is 25.8. The van der Waals surface area contributed by atoms with E-state index >= 15 is 0 Å². The van der Waals surface area contributed by atoms with Crippen molar-refractivity contribution in [3.63, 3.8) is 0 Å². The Morgan fingerprint density at radius 1 is 1.09 bits per heavy atom. The van der Waals surface area contributed by atoms with Gasteiger partial charge in [0.1, 0.15) is 0 Å². The van der Waals surface area contributed by atoms with Crippen molar-refractivity contribution in [2.24, 2.45) is 5.16 Å². The molecule has 0 aromatic heterocycles. The Morgan fingerprint density at radius 2 is 1.73 bits per heavy atom. The van der Waals surface area contributed by atoms with Gasteiger partial charge >= 0.3 is 0 Å². The molecule has 0 atom stereocenters. The van der Waals surface area contributed by atoms with Crippen LogP contribution >= 0.6 is 11.6 Å². The van der Waals surface area contributed by atoms with Gasteiger partial charge < -0.3 is 5.21 Å². The van der Waals surface area contributed by atoms with Crippen molar-refractivity contribution >= 4 is 29.6 Å². The molecule has 0 unspecified atom stereocenters. The van der Waals surface area contributed by atoms with Gasteiger partial charge in [0, 0.05) is 5.02 Å². The van der Waals surface area contributed by atoms with Crippen LogP contribution in [0.15, 0.2) is 47.6 Å². The number of nitrogens with zero attached hydrogens (tertiary/aromatic N) is 2. The smallest absolute Gasteiger partial charge is 0.261 e. The molecule has 2 amide bonds. The monoisotopic (exact) mass is 314 g/mol. The first-order valence-corrected chi connectivity index (χ1v) is 6.90. The van der Waals surface area contributed by atoms with Crippen LogP contribution in [0.25, 0.3) is 0 Å². The van der Waals surface area contributed by atoms with Crippen molar-refractivity contribution in [1.29, 1.82) is 0 Å². The number of amides is 2. The van der Waals surface area contributed by atoms with Gasteiger partial charge in [-0.25, -0.2) is 0 Å². The topological polar surface area (TPSA) is 70.0 Å². The summed E-state index contributed by atoms with van der Waals surface area (Å²) < 4.78 is 0. The van der Waals surface area contributed by atoms with Gasteiger partial charge in [0.2, 0.25) is 0 Å². The molecule has 1 aliphatic rings. The summed E-state index contributed by atoms with van der Waals surface area (Å²) in [5, 5.41) is 11.8. The number of benzene rings is 2. The molecule has 0 aliphatic carbocycles. The Hall–Kier alpha value is -2.66. The van der Waals surface area contributed by atoms with Gasteiger partial charge in [0.25, 0.3) is 11.8 Å². The van der Waals surface area contributed by atoms with Gasteiger partial charge in [-0.05, 0) is 29.3 Å². The number of carbonyl (C=O) groups excluding carboxylic acids is 2. The number of carbonyl (C=O) groups is 2. The van der Waals surface area contributed by atoms with E-state index < -0.39 is 0 Å². The zero-order chi connectivity index (χ0) is 15.7. The number of hydrogen-bond donors (Lipinski definition) is 1. The van der Waals surface area contributed by atoms with Crippen molar-refractivity contribution < 1.29 is 14.8 Å². The van der Waals surface area contributed by atoms with E-state index in [0.29, 0.717) is 27.3 Å². The van der Waals surface area contributed by atoms with E-state index in [1.807, 2.05) is 0 Å². The summed E-state index contributed by atoms with van der Waals surface area (Å²) in [7, 11) is 0. The summed E-state index contributed by atoms with van der Waals surface area (Å²) in [6, 6.07) is 11.7. The first-order valence-electron chi connectivity index (χ1n) is 6.53. The molecular formula is C16H11ClN2O3. The van der Waals surface area contributed by atoms with Crippen LogP contribution < -0.4 is 0 Å². The van der Waals surface area contributed by atoms with E-state index in [1.165, 1.54) is 11.1 Å². The molecular weight excluding hydrogens is 304 g/mol. The summed E-state index contributed by atoms with van der Waals surface area (Å²) >= 11 is 6.16. The second-order valence-electron chi connectivity index (χ2n) is 4.84. The number of oxime groups is 1. The van der Waals surface area contributed by atoms with Crippen LogP contribution in [0.3, 0.4) is 0 Å². The van der Waals surface area contributed by atoms with Crippen molar-refractivity contribution in [1.82, 2.24) is 4.90 Å². The first kappa shape index (κ1) is 14.3. The highest BCUT2D eigenvalue weighted by atomic mass is 35.5. The van der Waals surface area contributed by atoms with E-state index in [-0.39, 0.29) is 18.4 Å². The van der Waals surface area contributed by atoms with E-state index in [2.05, 4.69) is 5.16 Å². The normalized spacial score (nSPS) is 14.0. The van der Waals surface area contributed by atoms with Crippen LogP contribution in [0, 0.1) is 0 Å². The Balaban J connectivity index is 1.89. The number of halogens is 1. The van der Waals surface area contributed by atoms with Gasteiger partial charge in [-0.2, -0.15) is 0 Å². The van der Waals surface area contributed by atoms with E-state index in [0.717, 1.165) is 0 Å². The van der Waals surface area contributed by atoms with E-state index in [1.54, 1.807) is 42.5 Å². The molecule has 0 saturated heterocycles. The minimum absolute atomic E-state index is 0.0989. The maximum atomic E-state index is 12.3. The molecule has 0 radical (unpaired) electrons. The van der Waals surface area contributed by atoms with Crippen molar-refractivity contribution in [3.8, 4) is 0 Å². The van der Waals surface area contributed by atoms with Crippen LogP contribution in [-0.4, -0.2) is 28.1 Å². The van der Waals surface area contributed by atoms with Gasteiger partial charge in [-0.3, -0.25) is 14.5 Å². The standard InChI is InChI=1S/C16H11ClN2O3/c17-14-7-10(8-18-22)5-6-11(14)9-19-15(20)12-3-1-2-4-13(12)16(19)21/h1-8,22H,9H2. The van der Waals surface area contributed by atoms with Gasteiger partial charge in [0.05, 0.1) is 23.9 Å². The first-order chi connectivity index (χ1) is 10.6. The molecule has 1 heterocycles. The second kappa shape index (κ2) is 5.61. The molecule has 0 fully saturated rings. The predicted octanol–water partition coefficient (Wildman–Crippen LogP) is 2.94. The molecule has 1 N–H and O–H groups in total. The predicted molar refractivity (Wildman–Crippen MR) is 81.5 cm³/mol. The quantitative estimate of drug-likeness (QED) is 0.410.